The van der Waals surface area contributed by atoms with Crippen LogP contribution in [0.3, 0.4) is 0 Å². The third-order valence-corrected chi connectivity index (χ3v) is 15.7. The van der Waals surface area contributed by atoms with Gasteiger partial charge in [0.25, 0.3) is 12.2 Å². The van der Waals surface area contributed by atoms with Gasteiger partial charge in [-0.2, -0.15) is 13.2 Å². The quantitative estimate of drug-likeness (QED) is 0.196. The van der Waals surface area contributed by atoms with Gasteiger partial charge in [-0.1, -0.05) is 32.9 Å². The van der Waals surface area contributed by atoms with E-state index in [1.54, 1.807) is 20.8 Å². The molecule has 3 aliphatic carbocycles. The van der Waals surface area contributed by atoms with Gasteiger partial charge in [-0.05, 0) is 87.9 Å². The second-order valence-electron chi connectivity index (χ2n) is 18.4. The Morgan fingerprint density at radius 3 is 2.05 bits per heavy atom. The predicted molar refractivity (Wildman–Crippen MR) is 178 cm³/mol. The molecule has 55 heavy (non-hydrogen) atoms. The molecule has 8 heterocycles. The molecule has 3 saturated carbocycles. The van der Waals surface area contributed by atoms with Crippen molar-refractivity contribution in [3.63, 3.8) is 0 Å². The average Bonchev–Trinajstić information content (AvgIpc) is 3.27. The molecule has 16 atom stereocenters. The lowest BCUT2D eigenvalue weighted by Gasteiger charge is -2.63. The number of rotatable bonds is 8. The maximum atomic E-state index is 15.5. The van der Waals surface area contributed by atoms with Crippen LogP contribution < -0.4 is 0 Å². The SMILES string of the molecule is C[C@@H]1CC[C@H]2[C@@H](C)[C@](OCCn3nncc3CO[C@@]3(C(F)F)C[C@@H]4O[C@]5(C)CC[C@H]6[C@H](C)CC[C@@H]([C@H]3C)[C@@]46OO5)(C(F)(F)F)O[C@@H]3O[C@]4(C)CC[C@@H]1[C@]32OO4. The van der Waals surface area contributed by atoms with Gasteiger partial charge in [-0.15, -0.1) is 5.10 Å². The van der Waals surface area contributed by atoms with Crippen molar-refractivity contribution in [3.8, 4) is 0 Å². The second kappa shape index (κ2) is 13.0. The lowest BCUT2D eigenvalue weighted by molar-refractivity contribution is -0.599. The number of alkyl halides is 5. The first-order valence-electron chi connectivity index (χ1n) is 20.2. The molecule has 7 saturated heterocycles. The Balaban J connectivity index is 0.938. The van der Waals surface area contributed by atoms with E-state index in [4.69, 9.17) is 43.2 Å². The van der Waals surface area contributed by atoms with E-state index < -0.39 is 83.5 Å². The van der Waals surface area contributed by atoms with Crippen LogP contribution in [-0.4, -0.2) is 80.8 Å². The van der Waals surface area contributed by atoms with E-state index in [9.17, 15) is 0 Å². The van der Waals surface area contributed by atoms with Gasteiger partial charge in [0.05, 0.1) is 37.8 Å². The molecule has 12 nitrogen and oxygen atoms in total. The number of halogens is 5. The highest BCUT2D eigenvalue weighted by molar-refractivity contribution is 5.18. The summed E-state index contributed by atoms with van der Waals surface area (Å²) < 4.78 is 109. The normalized spacial score (nSPS) is 51.7. The molecule has 17 heteroatoms. The largest absolute Gasteiger partial charge is 0.443 e. The molecule has 0 unspecified atom stereocenters. The minimum absolute atomic E-state index is 0.0852. The topological polar surface area (TPSA) is 114 Å². The maximum Gasteiger partial charge on any atom is 0.443 e. The molecule has 4 bridgehead atoms. The predicted octanol–water partition coefficient (Wildman–Crippen LogP) is 7.25. The van der Waals surface area contributed by atoms with Gasteiger partial charge in [-0.25, -0.2) is 33.0 Å². The van der Waals surface area contributed by atoms with Gasteiger partial charge in [0.2, 0.25) is 5.79 Å². The summed E-state index contributed by atoms with van der Waals surface area (Å²) in [6.07, 6.45) is -3.42. The fraction of sp³-hybridized carbons (Fsp3) is 0.947. The van der Waals surface area contributed by atoms with Gasteiger partial charge < -0.3 is 23.7 Å². The average molecular weight is 792 g/mol. The third-order valence-electron chi connectivity index (χ3n) is 15.7. The van der Waals surface area contributed by atoms with Crippen LogP contribution in [0.1, 0.15) is 105 Å². The number of nitrogens with zero attached hydrogens (tertiary/aromatic N) is 3. The summed E-state index contributed by atoms with van der Waals surface area (Å²) in [6.45, 7) is 10.0. The van der Waals surface area contributed by atoms with Crippen molar-refractivity contribution in [1.82, 2.24) is 15.0 Å². The van der Waals surface area contributed by atoms with Gasteiger partial charge in [-0.3, -0.25) is 0 Å². The molecule has 10 aliphatic rings. The maximum absolute atomic E-state index is 15.5. The van der Waals surface area contributed by atoms with Crippen LogP contribution in [-0.2, 0) is 56.4 Å². The molecule has 310 valence electrons. The van der Waals surface area contributed by atoms with Crippen LogP contribution in [0.2, 0.25) is 0 Å². The minimum Gasteiger partial charge on any atom is -0.362 e. The summed E-state index contributed by atoms with van der Waals surface area (Å²) in [6, 6.07) is 0. The first kappa shape index (κ1) is 38.9. The Kier molecular flexibility index (Phi) is 9.17. The first-order chi connectivity index (χ1) is 25.9. The summed E-state index contributed by atoms with van der Waals surface area (Å²) in [5, 5.41) is 8.04. The van der Waals surface area contributed by atoms with Crippen molar-refractivity contribution in [2.24, 2.45) is 47.3 Å². The Morgan fingerprint density at radius 1 is 0.782 bits per heavy atom. The van der Waals surface area contributed by atoms with Crippen LogP contribution in [0.5, 0.6) is 0 Å². The molecule has 2 spiro atoms. The summed E-state index contributed by atoms with van der Waals surface area (Å²) >= 11 is 0. The summed E-state index contributed by atoms with van der Waals surface area (Å²) in [5.41, 5.74) is -3.67. The van der Waals surface area contributed by atoms with E-state index in [1.807, 2.05) is 0 Å². The molecular weight excluding hydrogens is 737 g/mol. The summed E-state index contributed by atoms with van der Waals surface area (Å²) in [7, 11) is 0. The number of ether oxygens (including phenoxy) is 5. The highest BCUT2D eigenvalue weighted by Gasteiger charge is 2.78. The lowest BCUT2D eigenvalue weighted by Crippen LogP contribution is -2.76. The smallest absolute Gasteiger partial charge is 0.362 e. The van der Waals surface area contributed by atoms with Crippen molar-refractivity contribution in [2.75, 3.05) is 6.61 Å². The molecule has 0 radical (unpaired) electrons. The molecular formula is C38H54F5N3O9. The zero-order valence-corrected chi connectivity index (χ0v) is 32.3. The third kappa shape index (κ3) is 5.45. The molecule has 1 aromatic rings. The standard InChI is InChI=1S/C38H54F5N3O9/c1-20-7-9-27-22(3)34(30(39)40,17-29-35(27)25(20)11-13-32(5,49-29)52-54-35)48-19-24-18-44-45-46(24)15-16-47-37(38(41,42)43)23(4)28-10-8-21(2)26-12-14-33(6)50-31(51-37)36(26,28)55-53-33/h18,20-23,25-31H,7-17,19H2,1-6H3/t20-,21-,22-,23-,25+,26+,27+,28+,29+,31+,32+,33+,34+,35-,36-,37-/m1/s1. The van der Waals surface area contributed by atoms with Gasteiger partial charge in [0.15, 0.2) is 17.7 Å². The van der Waals surface area contributed by atoms with E-state index in [1.165, 1.54) is 17.8 Å². The van der Waals surface area contributed by atoms with Crippen molar-refractivity contribution in [1.29, 1.82) is 0 Å². The van der Waals surface area contributed by atoms with E-state index in [-0.39, 0.29) is 43.2 Å². The van der Waals surface area contributed by atoms with E-state index >= 15 is 22.0 Å². The second-order valence-corrected chi connectivity index (χ2v) is 18.4. The number of hydrogen-bond donors (Lipinski definition) is 0. The number of fused-ring (bicyclic) bond motifs is 4. The van der Waals surface area contributed by atoms with Crippen LogP contribution in [0.4, 0.5) is 22.0 Å². The van der Waals surface area contributed by atoms with E-state index in [0.717, 1.165) is 19.3 Å². The fourth-order valence-corrected chi connectivity index (χ4v) is 12.6. The molecule has 0 amide bonds. The van der Waals surface area contributed by atoms with Gasteiger partial charge >= 0.3 is 6.18 Å². The van der Waals surface area contributed by atoms with Crippen LogP contribution in [0, 0.1) is 47.3 Å². The first-order valence-corrected chi connectivity index (χ1v) is 20.2. The van der Waals surface area contributed by atoms with Crippen LogP contribution in [0.25, 0.3) is 0 Å². The lowest BCUT2D eigenvalue weighted by atomic mass is 9.51. The van der Waals surface area contributed by atoms with E-state index in [2.05, 4.69) is 24.2 Å². The van der Waals surface area contributed by atoms with Crippen molar-refractivity contribution in [2.45, 2.75) is 172 Å². The Bertz CT molecular complexity index is 1620. The van der Waals surface area contributed by atoms with Gasteiger partial charge in [0, 0.05) is 31.1 Å². The number of aromatic nitrogens is 3. The molecule has 10 fully saturated rings. The Hall–Kier alpha value is -1.57. The van der Waals surface area contributed by atoms with Gasteiger partial charge in [0.1, 0.15) is 11.2 Å². The molecule has 0 aromatic carbocycles. The Labute approximate surface area is 317 Å². The zero-order chi connectivity index (χ0) is 39.0. The summed E-state index contributed by atoms with van der Waals surface area (Å²) in [4.78, 5) is 24.0. The van der Waals surface area contributed by atoms with Crippen molar-refractivity contribution in [3.05, 3.63) is 11.9 Å². The minimum atomic E-state index is -4.95. The highest BCUT2D eigenvalue weighted by Crippen LogP contribution is 2.66. The highest BCUT2D eigenvalue weighted by atomic mass is 19.4. The molecule has 0 N–H and O–H groups in total. The van der Waals surface area contributed by atoms with Crippen LogP contribution in [0.15, 0.2) is 6.20 Å². The molecule has 11 rings (SSSR count). The Morgan fingerprint density at radius 2 is 1.40 bits per heavy atom. The molecule has 1 aromatic heterocycles. The van der Waals surface area contributed by atoms with Crippen molar-refractivity contribution >= 4 is 0 Å². The zero-order valence-electron chi connectivity index (χ0n) is 32.3. The number of hydrogen-bond acceptors (Lipinski definition) is 11. The van der Waals surface area contributed by atoms with Crippen LogP contribution >= 0.6 is 0 Å². The summed E-state index contributed by atoms with van der Waals surface area (Å²) in [5.74, 6) is -7.69. The fourth-order valence-electron chi connectivity index (χ4n) is 12.6. The van der Waals surface area contributed by atoms with Crippen molar-refractivity contribution < 1.29 is 65.2 Å². The monoisotopic (exact) mass is 791 g/mol. The molecule has 7 aliphatic heterocycles. The van der Waals surface area contributed by atoms with E-state index in [0.29, 0.717) is 43.7 Å².